The number of carbonyl (C=O) groups is 1. The van der Waals surface area contributed by atoms with Gasteiger partial charge in [-0.25, -0.2) is 0 Å². The first-order valence-corrected chi connectivity index (χ1v) is 8.49. The highest BCUT2D eigenvalue weighted by atomic mass is 35.5. The summed E-state index contributed by atoms with van der Waals surface area (Å²) in [4.78, 5) is 13.9. The maximum Gasteiger partial charge on any atom is 0.323 e. The lowest BCUT2D eigenvalue weighted by atomic mass is 10.1. The van der Waals surface area contributed by atoms with Crippen LogP contribution in [0.1, 0.15) is 26.3 Å². The first kappa shape index (κ1) is 27.0. The summed E-state index contributed by atoms with van der Waals surface area (Å²) in [6, 6.07) is 4.93. The third-order valence-electron chi connectivity index (χ3n) is 3.83. The Morgan fingerprint density at radius 2 is 1.81 bits per heavy atom. The molecule has 1 rings (SSSR count). The number of esters is 1. The Bertz CT molecular complexity index is 514. The first-order chi connectivity index (χ1) is 11.5. The summed E-state index contributed by atoms with van der Waals surface area (Å²) in [7, 11) is 1.60. The van der Waals surface area contributed by atoms with Crippen LogP contribution in [0.5, 0.6) is 11.5 Å². The van der Waals surface area contributed by atoms with E-state index in [1.54, 1.807) is 14.0 Å². The van der Waals surface area contributed by atoms with Gasteiger partial charge in [0.15, 0.2) is 11.5 Å². The molecule has 0 unspecified atom stereocenters. The van der Waals surface area contributed by atoms with Crippen LogP contribution in [0.25, 0.3) is 0 Å². The monoisotopic (exact) mass is 410 g/mol. The number of likely N-dealkylation sites (N-methyl/N-ethyl adjacent to an activating group) is 1. The normalized spacial score (nSPS) is 11.2. The lowest BCUT2D eigenvalue weighted by molar-refractivity contribution is -0.144. The zero-order valence-electron chi connectivity index (χ0n) is 16.0. The molecule has 0 aromatic heterocycles. The highest BCUT2D eigenvalue weighted by Crippen LogP contribution is 2.28. The van der Waals surface area contributed by atoms with Gasteiger partial charge in [-0.3, -0.25) is 4.79 Å². The van der Waals surface area contributed by atoms with Crippen LogP contribution in [-0.4, -0.2) is 56.9 Å². The Morgan fingerprint density at radius 1 is 1.15 bits per heavy atom. The van der Waals surface area contributed by atoms with Crippen molar-refractivity contribution in [3.63, 3.8) is 0 Å². The second kappa shape index (κ2) is 14.9. The summed E-state index contributed by atoms with van der Waals surface area (Å²) in [5, 5.41) is 0. The summed E-state index contributed by atoms with van der Waals surface area (Å²) in [5.74, 6) is 0.942. The Kier molecular flexibility index (Phi) is 15.5. The van der Waals surface area contributed by atoms with E-state index < -0.39 is 12.0 Å². The fourth-order valence-corrected chi connectivity index (χ4v) is 2.37. The van der Waals surface area contributed by atoms with Gasteiger partial charge in [0, 0.05) is 6.54 Å². The summed E-state index contributed by atoms with van der Waals surface area (Å²) < 4.78 is 16.1. The molecule has 152 valence electrons. The Balaban J connectivity index is 0. The van der Waals surface area contributed by atoms with Crippen LogP contribution in [0.15, 0.2) is 18.2 Å². The molecular weight excluding hydrogens is 379 g/mol. The van der Waals surface area contributed by atoms with Crippen LogP contribution in [0, 0.1) is 0 Å². The van der Waals surface area contributed by atoms with Crippen molar-refractivity contribution in [2.75, 3.05) is 40.0 Å². The van der Waals surface area contributed by atoms with Gasteiger partial charge in [0.1, 0.15) is 12.6 Å². The van der Waals surface area contributed by atoms with E-state index in [1.807, 2.05) is 18.2 Å². The average molecular weight is 411 g/mol. The molecule has 0 radical (unpaired) electrons. The summed E-state index contributed by atoms with van der Waals surface area (Å²) >= 11 is 0. The number of ether oxygens (including phenoxy) is 3. The maximum absolute atomic E-state index is 11.6. The molecule has 0 aliphatic carbocycles. The van der Waals surface area contributed by atoms with Crippen LogP contribution in [0.2, 0.25) is 0 Å². The van der Waals surface area contributed by atoms with Crippen molar-refractivity contribution >= 4 is 30.8 Å². The van der Waals surface area contributed by atoms with Gasteiger partial charge in [0.2, 0.25) is 0 Å². The van der Waals surface area contributed by atoms with Crippen molar-refractivity contribution < 1.29 is 19.0 Å². The number of halogens is 2. The standard InChI is InChI=1S/C18H30N2O4.2ClH/c1-5-20(6-2)10-11-24-16-9-8-14(13-17(16)22-4)12-15(19)18(21)23-7-3;;/h8-9,13,15H,5-7,10-12,19H2,1-4H3;2*1H/t15-;;/m0../s1. The molecule has 26 heavy (non-hydrogen) atoms. The molecule has 1 aromatic rings. The zero-order chi connectivity index (χ0) is 17.9. The number of benzene rings is 1. The number of carbonyl (C=O) groups excluding carboxylic acids is 1. The van der Waals surface area contributed by atoms with Crippen LogP contribution in [0.3, 0.4) is 0 Å². The average Bonchev–Trinajstić information content (AvgIpc) is 2.59. The molecule has 0 aliphatic rings. The molecule has 8 heteroatoms. The predicted molar refractivity (Wildman–Crippen MR) is 109 cm³/mol. The second-order valence-corrected chi connectivity index (χ2v) is 5.42. The fraction of sp³-hybridized carbons (Fsp3) is 0.611. The molecular formula is C18H32Cl2N2O4. The van der Waals surface area contributed by atoms with Crippen molar-refractivity contribution in [3.8, 4) is 11.5 Å². The maximum atomic E-state index is 11.6. The summed E-state index contributed by atoms with van der Waals surface area (Å²) in [6.45, 7) is 9.82. The first-order valence-electron chi connectivity index (χ1n) is 8.49. The molecule has 0 aliphatic heterocycles. The molecule has 0 bridgehead atoms. The molecule has 2 N–H and O–H groups in total. The lowest BCUT2D eigenvalue weighted by Gasteiger charge is -2.19. The van der Waals surface area contributed by atoms with E-state index in [9.17, 15) is 4.79 Å². The van der Waals surface area contributed by atoms with Crippen LogP contribution < -0.4 is 15.2 Å². The Labute approximate surface area is 169 Å². The SMILES string of the molecule is CCOC(=O)[C@@H](N)Cc1ccc(OCCN(CC)CC)c(OC)c1.Cl.Cl. The molecule has 0 heterocycles. The van der Waals surface area contributed by atoms with E-state index in [2.05, 4.69) is 18.7 Å². The molecule has 0 saturated carbocycles. The Hall–Kier alpha value is -1.21. The van der Waals surface area contributed by atoms with E-state index >= 15 is 0 Å². The third kappa shape index (κ3) is 8.94. The van der Waals surface area contributed by atoms with Crippen molar-refractivity contribution in [2.45, 2.75) is 33.2 Å². The fourth-order valence-electron chi connectivity index (χ4n) is 2.37. The molecule has 0 amide bonds. The van der Waals surface area contributed by atoms with E-state index in [0.717, 1.165) is 25.2 Å². The van der Waals surface area contributed by atoms with Gasteiger partial charge in [0.05, 0.1) is 13.7 Å². The number of rotatable bonds is 11. The zero-order valence-corrected chi connectivity index (χ0v) is 17.7. The van der Waals surface area contributed by atoms with E-state index in [1.165, 1.54) is 0 Å². The smallest absolute Gasteiger partial charge is 0.323 e. The summed E-state index contributed by atoms with van der Waals surface area (Å²) in [6.07, 6.45) is 0.398. The van der Waals surface area contributed by atoms with Gasteiger partial charge in [-0.15, -0.1) is 24.8 Å². The predicted octanol–water partition coefficient (Wildman–Crippen LogP) is 2.69. The number of methoxy groups -OCH3 is 1. The third-order valence-corrected chi connectivity index (χ3v) is 3.83. The minimum Gasteiger partial charge on any atom is -0.493 e. The molecule has 0 fully saturated rings. The molecule has 6 nitrogen and oxygen atoms in total. The van der Waals surface area contributed by atoms with Crippen LogP contribution in [0.4, 0.5) is 0 Å². The highest BCUT2D eigenvalue weighted by Gasteiger charge is 2.16. The molecule has 1 aromatic carbocycles. The number of nitrogens with zero attached hydrogens (tertiary/aromatic N) is 1. The topological polar surface area (TPSA) is 74.0 Å². The van der Waals surface area contributed by atoms with E-state index in [0.29, 0.717) is 31.1 Å². The van der Waals surface area contributed by atoms with Crippen molar-refractivity contribution in [2.24, 2.45) is 5.73 Å². The minimum absolute atomic E-state index is 0. The van der Waals surface area contributed by atoms with Crippen LogP contribution >= 0.6 is 24.8 Å². The lowest BCUT2D eigenvalue weighted by Crippen LogP contribution is -2.34. The van der Waals surface area contributed by atoms with Gasteiger partial charge in [-0.05, 0) is 44.1 Å². The van der Waals surface area contributed by atoms with Gasteiger partial charge in [-0.2, -0.15) is 0 Å². The molecule has 0 saturated heterocycles. The van der Waals surface area contributed by atoms with E-state index in [4.69, 9.17) is 19.9 Å². The largest absolute Gasteiger partial charge is 0.493 e. The number of hydrogen-bond donors (Lipinski definition) is 1. The van der Waals surface area contributed by atoms with E-state index in [-0.39, 0.29) is 24.8 Å². The van der Waals surface area contributed by atoms with Crippen molar-refractivity contribution in [3.05, 3.63) is 23.8 Å². The van der Waals surface area contributed by atoms with Crippen molar-refractivity contribution in [1.82, 2.24) is 4.90 Å². The number of hydrogen-bond acceptors (Lipinski definition) is 6. The summed E-state index contributed by atoms with van der Waals surface area (Å²) in [5.41, 5.74) is 6.76. The van der Waals surface area contributed by atoms with Gasteiger partial charge in [-0.1, -0.05) is 19.9 Å². The van der Waals surface area contributed by atoms with Crippen LogP contribution in [-0.2, 0) is 16.0 Å². The molecule has 1 atom stereocenters. The molecule has 0 spiro atoms. The highest BCUT2D eigenvalue weighted by molar-refractivity contribution is 5.85. The number of nitrogens with two attached hydrogens (primary N) is 1. The Morgan fingerprint density at radius 3 is 2.35 bits per heavy atom. The quantitative estimate of drug-likeness (QED) is 0.565. The van der Waals surface area contributed by atoms with Crippen molar-refractivity contribution in [1.29, 1.82) is 0 Å². The van der Waals surface area contributed by atoms with Gasteiger partial charge < -0.3 is 24.8 Å². The minimum atomic E-state index is -0.677. The van der Waals surface area contributed by atoms with Gasteiger partial charge >= 0.3 is 5.97 Å². The van der Waals surface area contributed by atoms with Gasteiger partial charge in [0.25, 0.3) is 0 Å². The second-order valence-electron chi connectivity index (χ2n) is 5.42.